The van der Waals surface area contributed by atoms with Crippen molar-refractivity contribution in [2.75, 3.05) is 13.1 Å². The number of rotatable bonds is 1. The number of nitrogens with one attached hydrogen (secondary N) is 2. The first-order valence-electron chi connectivity index (χ1n) is 5.50. The van der Waals surface area contributed by atoms with Gasteiger partial charge in [0.15, 0.2) is 0 Å². The van der Waals surface area contributed by atoms with E-state index in [0.29, 0.717) is 12.0 Å². The topological polar surface area (TPSA) is 41.1 Å². The van der Waals surface area contributed by atoms with Crippen LogP contribution in [-0.2, 0) is 4.79 Å². The molecule has 2 aliphatic rings. The molecule has 1 amide bonds. The molecule has 14 heavy (non-hydrogen) atoms. The predicted octanol–water partition coefficient (Wildman–Crippen LogP) is 0.757. The molecule has 0 aromatic rings. The van der Waals surface area contributed by atoms with Gasteiger partial charge in [-0.2, -0.15) is 0 Å². The van der Waals surface area contributed by atoms with Crippen molar-refractivity contribution in [1.29, 1.82) is 0 Å². The smallest absolute Gasteiger partial charge is 0.225 e. The minimum Gasteiger partial charge on any atom is -0.353 e. The van der Waals surface area contributed by atoms with Gasteiger partial charge < -0.3 is 10.6 Å². The fourth-order valence-corrected chi connectivity index (χ4v) is 2.34. The van der Waals surface area contributed by atoms with Crippen molar-refractivity contribution in [2.45, 2.75) is 33.2 Å². The Balaban J connectivity index is 1.85. The monoisotopic (exact) mass is 196 g/mol. The number of hydrogen-bond donors (Lipinski definition) is 2. The maximum absolute atomic E-state index is 11.7. The lowest BCUT2D eigenvalue weighted by Gasteiger charge is -2.41. The van der Waals surface area contributed by atoms with Crippen LogP contribution in [0, 0.1) is 17.3 Å². The third kappa shape index (κ3) is 1.65. The quantitative estimate of drug-likeness (QED) is 0.650. The Bertz CT molecular complexity index is 244. The summed E-state index contributed by atoms with van der Waals surface area (Å²) >= 11 is 0. The zero-order chi connectivity index (χ0) is 10.3. The molecule has 2 N–H and O–H groups in total. The summed E-state index contributed by atoms with van der Waals surface area (Å²) in [5.74, 6) is 1.70. The lowest BCUT2D eigenvalue weighted by Crippen LogP contribution is -2.54. The second-order valence-electron chi connectivity index (χ2n) is 5.65. The van der Waals surface area contributed by atoms with Gasteiger partial charge in [0.2, 0.25) is 5.91 Å². The fourth-order valence-electron chi connectivity index (χ4n) is 2.34. The first-order valence-corrected chi connectivity index (χ1v) is 5.50. The van der Waals surface area contributed by atoms with Crippen LogP contribution in [0.1, 0.15) is 27.2 Å². The molecular formula is C11H20N2O. The molecule has 1 saturated carbocycles. The molecule has 0 bridgehead atoms. The maximum atomic E-state index is 11.7. The van der Waals surface area contributed by atoms with Gasteiger partial charge in [-0.15, -0.1) is 0 Å². The van der Waals surface area contributed by atoms with E-state index in [0.717, 1.165) is 19.0 Å². The van der Waals surface area contributed by atoms with Gasteiger partial charge in [0.25, 0.3) is 0 Å². The SMILES string of the molecule is CC(C)(C)C(=O)N[C@@H]1C[C@H]2CNC[C@H]21. The Morgan fingerprint density at radius 2 is 2.07 bits per heavy atom. The van der Waals surface area contributed by atoms with Gasteiger partial charge in [0, 0.05) is 18.0 Å². The molecule has 0 spiro atoms. The van der Waals surface area contributed by atoms with E-state index in [1.54, 1.807) is 0 Å². The molecule has 3 nitrogen and oxygen atoms in total. The highest BCUT2D eigenvalue weighted by atomic mass is 16.2. The van der Waals surface area contributed by atoms with Crippen molar-refractivity contribution >= 4 is 5.91 Å². The van der Waals surface area contributed by atoms with Crippen LogP contribution >= 0.6 is 0 Å². The van der Waals surface area contributed by atoms with E-state index in [4.69, 9.17) is 0 Å². The van der Waals surface area contributed by atoms with Crippen LogP contribution in [0.25, 0.3) is 0 Å². The molecule has 1 aliphatic carbocycles. The number of carbonyl (C=O) groups excluding carboxylic acids is 1. The van der Waals surface area contributed by atoms with Crippen LogP contribution in [-0.4, -0.2) is 25.0 Å². The van der Waals surface area contributed by atoms with Gasteiger partial charge in [-0.05, 0) is 24.8 Å². The van der Waals surface area contributed by atoms with Crippen LogP contribution in [0.2, 0.25) is 0 Å². The largest absolute Gasteiger partial charge is 0.353 e. The zero-order valence-electron chi connectivity index (χ0n) is 9.26. The van der Waals surface area contributed by atoms with Gasteiger partial charge in [-0.25, -0.2) is 0 Å². The molecule has 0 aromatic heterocycles. The Labute approximate surface area is 85.6 Å². The van der Waals surface area contributed by atoms with E-state index in [1.165, 1.54) is 6.42 Å². The molecule has 3 heteroatoms. The van der Waals surface area contributed by atoms with Crippen molar-refractivity contribution in [1.82, 2.24) is 10.6 Å². The van der Waals surface area contributed by atoms with Gasteiger partial charge in [-0.1, -0.05) is 20.8 Å². The molecule has 80 valence electrons. The summed E-state index contributed by atoms with van der Waals surface area (Å²) in [6.45, 7) is 8.12. The van der Waals surface area contributed by atoms with Crippen molar-refractivity contribution in [3.8, 4) is 0 Å². The average molecular weight is 196 g/mol. The summed E-state index contributed by atoms with van der Waals surface area (Å²) in [5.41, 5.74) is -0.253. The van der Waals surface area contributed by atoms with E-state index >= 15 is 0 Å². The van der Waals surface area contributed by atoms with Crippen molar-refractivity contribution in [3.05, 3.63) is 0 Å². The molecule has 0 unspecified atom stereocenters. The maximum Gasteiger partial charge on any atom is 0.225 e. The summed E-state index contributed by atoms with van der Waals surface area (Å²) in [4.78, 5) is 11.7. The van der Waals surface area contributed by atoms with Crippen LogP contribution < -0.4 is 10.6 Å². The Morgan fingerprint density at radius 1 is 1.36 bits per heavy atom. The third-order valence-corrected chi connectivity index (χ3v) is 3.46. The number of amides is 1. The highest BCUT2D eigenvalue weighted by Gasteiger charge is 2.45. The van der Waals surface area contributed by atoms with E-state index in [-0.39, 0.29) is 11.3 Å². The van der Waals surface area contributed by atoms with Crippen LogP contribution in [0.5, 0.6) is 0 Å². The predicted molar refractivity (Wildman–Crippen MR) is 55.9 cm³/mol. The lowest BCUT2D eigenvalue weighted by molar-refractivity contribution is -0.130. The second kappa shape index (κ2) is 3.23. The third-order valence-electron chi connectivity index (χ3n) is 3.46. The molecule has 3 atom stereocenters. The molecule has 1 aliphatic heterocycles. The first kappa shape index (κ1) is 9.97. The first-order chi connectivity index (χ1) is 6.48. The summed E-state index contributed by atoms with van der Waals surface area (Å²) in [7, 11) is 0. The molecule has 2 rings (SSSR count). The minimum atomic E-state index is -0.253. The molecule has 1 heterocycles. The highest BCUT2D eigenvalue weighted by Crippen LogP contribution is 2.37. The standard InChI is InChI=1S/C11H20N2O/c1-11(2,3)10(14)13-9-4-7-5-12-6-8(7)9/h7-9,12H,4-6H2,1-3H3,(H,13,14)/t7-,8+,9+/m0/s1. The van der Waals surface area contributed by atoms with Gasteiger partial charge in [0.05, 0.1) is 0 Å². The van der Waals surface area contributed by atoms with E-state index in [2.05, 4.69) is 10.6 Å². The molecular weight excluding hydrogens is 176 g/mol. The van der Waals surface area contributed by atoms with Crippen molar-refractivity contribution in [2.24, 2.45) is 17.3 Å². The van der Waals surface area contributed by atoms with Crippen LogP contribution in [0.4, 0.5) is 0 Å². The zero-order valence-corrected chi connectivity index (χ0v) is 9.26. The van der Waals surface area contributed by atoms with Crippen LogP contribution in [0.15, 0.2) is 0 Å². The summed E-state index contributed by atoms with van der Waals surface area (Å²) in [6, 6.07) is 0.432. The number of hydrogen-bond acceptors (Lipinski definition) is 2. The minimum absolute atomic E-state index is 0.188. The summed E-state index contributed by atoms with van der Waals surface area (Å²) < 4.78 is 0. The number of carbonyl (C=O) groups is 1. The Morgan fingerprint density at radius 3 is 2.64 bits per heavy atom. The summed E-state index contributed by atoms with van der Waals surface area (Å²) in [5, 5.41) is 6.52. The Kier molecular flexibility index (Phi) is 2.30. The van der Waals surface area contributed by atoms with Gasteiger partial charge in [-0.3, -0.25) is 4.79 Å². The van der Waals surface area contributed by atoms with E-state index < -0.39 is 0 Å². The van der Waals surface area contributed by atoms with Crippen molar-refractivity contribution in [3.63, 3.8) is 0 Å². The van der Waals surface area contributed by atoms with Gasteiger partial charge >= 0.3 is 0 Å². The fraction of sp³-hybridized carbons (Fsp3) is 0.909. The van der Waals surface area contributed by atoms with Crippen LogP contribution in [0.3, 0.4) is 0 Å². The molecule has 0 radical (unpaired) electrons. The highest BCUT2D eigenvalue weighted by molar-refractivity contribution is 5.81. The Hall–Kier alpha value is -0.570. The van der Waals surface area contributed by atoms with E-state index in [9.17, 15) is 4.79 Å². The molecule has 2 fully saturated rings. The second-order valence-corrected chi connectivity index (χ2v) is 5.65. The number of fused-ring (bicyclic) bond motifs is 1. The summed E-state index contributed by atoms with van der Waals surface area (Å²) in [6.07, 6.45) is 1.17. The van der Waals surface area contributed by atoms with Gasteiger partial charge in [0.1, 0.15) is 0 Å². The molecule has 0 aromatic carbocycles. The average Bonchev–Trinajstić information content (AvgIpc) is 2.40. The van der Waals surface area contributed by atoms with Crippen molar-refractivity contribution < 1.29 is 4.79 Å². The molecule has 1 saturated heterocycles. The van der Waals surface area contributed by atoms with E-state index in [1.807, 2.05) is 20.8 Å². The normalized spacial score (nSPS) is 36.1. The lowest BCUT2D eigenvalue weighted by atomic mass is 9.71.